The van der Waals surface area contributed by atoms with Gasteiger partial charge in [0, 0.05) is 29.9 Å². The smallest absolute Gasteiger partial charge is 0.272 e. The summed E-state index contributed by atoms with van der Waals surface area (Å²) in [6.45, 7) is 2.38. The van der Waals surface area contributed by atoms with E-state index in [1.165, 1.54) is 6.07 Å². The van der Waals surface area contributed by atoms with Gasteiger partial charge in [-0.15, -0.1) is 0 Å². The highest BCUT2D eigenvalue weighted by Gasteiger charge is 2.34. The van der Waals surface area contributed by atoms with E-state index >= 15 is 0 Å². The summed E-state index contributed by atoms with van der Waals surface area (Å²) < 4.78 is 0. The van der Waals surface area contributed by atoms with E-state index in [-0.39, 0.29) is 17.6 Å². The van der Waals surface area contributed by atoms with Crippen LogP contribution in [0.5, 0.6) is 0 Å². The van der Waals surface area contributed by atoms with Crippen molar-refractivity contribution in [2.75, 3.05) is 11.4 Å². The van der Waals surface area contributed by atoms with Crippen LogP contribution in [-0.4, -0.2) is 29.5 Å². The van der Waals surface area contributed by atoms with E-state index in [0.717, 1.165) is 31.4 Å². The van der Waals surface area contributed by atoms with E-state index < -0.39 is 4.92 Å². The first-order chi connectivity index (χ1) is 10.1. The Labute approximate surface area is 123 Å². The first-order valence-electron chi connectivity index (χ1n) is 7.39. The van der Waals surface area contributed by atoms with Crippen LogP contribution < -0.4 is 10.2 Å². The molecule has 1 N–H and O–H groups in total. The summed E-state index contributed by atoms with van der Waals surface area (Å²) in [7, 11) is 0. The zero-order chi connectivity index (χ0) is 15.0. The number of hydrogen-bond acceptors (Lipinski definition) is 4. The van der Waals surface area contributed by atoms with Gasteiger partial charge in [0.15, 0.2) is 0 Å². The quantitative estimate of drug-likeness (QED) is 0.680. The predicted molar refractivity (Wildman–Crippen MR) is 79.4 cm³/mol. The van der Waals surface area contributed by atoms with Crippen LogP contribution in [-0.2, 0) is 4.79 Å². The molecule has 1 aromatic rings. The third-order valence-electron chi connectivity index (χ3n) is 4.14. The number of nitro groups is 1. The van der Waals surface area contributed by atoms with Crippen LogP contribution in [0.25, 0.3) is 0 Å². The van der Waals surface area contributed by atoms with Crippen molar-refractivity contribution in [3.8, 4) is 0 Å². The standard InChI is InChI=1S/C15H19N3O3/c1-10-9-12(6-7-14(10)18(20)21)17-8-2-3-13(15(17)19)16-11-4-5-11/h6-7,9,11,13,16H,2-5,8H2,1H3. The van der Waals surface area contributed by atoms with Crippen molar-refractivity contribution in [1.29, 1.82) is 0 Å². The van der Waals surface area contributed by atoms with E-state index in [9.17, 15) is 14.9 Å². The highest BCUT2D eigenvalue weighted by Crippen LogP contribution is 2.28. The predicted octanol–water partition coefficient (Wildman–Crippen LogP) is 2.15. The van der Waals surface area contributed by atoms with Gasteiger partial charge < -0.3 is 10.2 Å². The fourth-order valence-corrected chi connectivity index (χ4v) is 2.83. The molecular formula is C15H19N3O3. The first kappa shape index (κ1) is 14.0. The maximum atomic E-state index is 12.5. The number of benzene rings is 1. The van der Waals surface area contributed by atoms with Gasteiger partial charge in [0.2, 0.25) is 5.91 Å². The van der Waals surface area contributed by atoms with E-state index in [1.54, 1.807) is 24.0 Å². The Kier molecular flexibility index (Phi) is 3.63. The topological polar surface area (TPSA) is 75.5 Å². The molecule has 0 bridgehead atoms. The molecule has 6 nitrogen and oxygen atoms in total. The van der Waals surface area contributed by atoms with Gasteiger partial charge in [0.05, 0.1) is 11.0 Å². The van der Waals surface area contributed by atoms with E-state index in [2.05, 4.69) is 5.32 Å². The second-order valence-electron chi connectivity index (χ2n) is 5.85. The Morgan fingerprint density at radius 3 is 2.71 bits per heavy atom. The number of amides is 1. The monoisotopic (exact) mass is 289 g/mol. The minimum atomic E-state index is -0.394. The van der Waals surface area contributed by atoms with E-state index in [1.807, 2.05) is 0 Å². The summed E-state index contributed by atoms with van der Waals surface area (Å²) in [5.74, 6) is 0.0846. The molecule has 2 fully saturated rings. The van der Waals surface area contributed by atoms with Crippen LogP contribution in [0.3, 0.4) is 0 Å². The average Bonchev–Trinajstić information content (AvgIpc) is 3.24. The SMILES string of the molecule is Cc1cc(N2CCCC(NC3CC3)C2=O)ccc1[N+](=O)[O-]. The Morgan fingerprint density at radius 2 is 2.10 bits per heavy atom. The number of carbonyl (C=O) groups is 1. The Balaban J connectivity index is 1.80. The molecule has 1 saturated heterocycles. The van der Waals surface area contributed by atoms with Gasteiger partial charge in [-0.25, -0.2) is 0 Å². The number of nitrogens with one attached hydrogen (secondary N) is 1. The molecule has 0 aromatic heterocycles. The Bertz CT molecular complexity index is 584. The minimum absolute atomic E-state index is 0.0846. The van der Waals surface area contributed by atoms with Crippen molar-refractivity contribution in [2.45, 2.75) is 44.7 Å². The van der Waals surface area contributed by atoms with Crippen LogP contribution in [0.4, 0.5) is 11.4 Å². The Morgan fingerprint density at radius 1 is 1.33 bits per heavy atom. The molecule has 3 rings (SSSR count). The fourth-order valence-electron chi connectivity index (χ4n) is 2.83. The lowest BCUT2D eigenvalue weighted by molar-refractivity contribution is -0.385. The number of nitro benzene ring substituents is 1. The van der Waals surface area contributed by atoms with Crippen molar-refractivity contribution in [1.82, 2.24) is 5.32 Å². The molecule has 1 amide bonds. The van der Waals surface area contributed by atoms with E-state index in [4.69, 9.17) is 0 Å². The van der Waals surface area contributed by atoms with Gasteiger partial charge >= 0.3 is 0 Å². The lowest BCUT2D eigenvalue weighted by Crippen LogP contribution is -2.51. The van der Waals surface area contributed by atoms with Crippen LogP contribution in [0.1, 0.15) is 31.2 Å². The van der Waals surface area contributed by atoms with Gasteiger partial charge in [-0.3, -0.25) is 14.9 Å². The number of aryl methyl sites for hydroxylation is 1. The molecule has 2 aliphatic rings. The van der Waals surface area contributed by atoms with Crippen LogP contribution >= 0.6 is 0 Å². The zero-order valence-corrected chi connectivity index (χ0v) is 12.0. The molecule has 1 saturated carbocycles. The van der Waals surface area contributed by atoms with Crippen molar-refractivity contribution < 1.29 is 9.72 Å². The Hall–Kier alpha value is -1.95. The molecule has 112 valence electrons. The molecule has 1 heterocycles. The lowest BCUT2D eigenvalue weighted by atomic mass is 10.0. The molecule has 1 unspecified atom stereocenters. The van der Waals surface area contributed by atoms with Crippen molar-refractivity contribution >= 4 is 17.3 Å². The van der Waals surface area contributed by atoms with Gasteiger partial charge in [-0.1, -0.05) is 0 Å². The highest BCUT2D eigenvalue weighted by molar-refractivity contribution is 5.98. The van der Waals surface area contributed by atoms with Gasteiger partial charge in [0.1, 0.15) is 0 Å². The summed E-state index contributed by atoms with van der Waals surface area (Å²) in [6.07, 6.45) is 4.13. The highest BCUT2D eigenvalue weighted by atomic mass is 16.6. The number of carbonyl (C=O) groups excluding carboxylic acids is 1. The van der Waals surface area contributed by atoms with Crippen molar-refractivity contribution in [3.63, 3.8) is 0 Å². The molecule has 1 aromatic carbocycles. The minimum Gasteiger partial charge on any atom is -0.311 e. The molecule has 0 spiro atoms. The maximum absolute atomic E-state index is 12.5. The number of anilines is 1. The summed E-state index contributed by atoms with van der Waals surface area (Å²) in [5.41, 5.74) is 1.43. The summed E-state index contributed by atoms with van der Waals surface area (Å²) in [6, 6.07) is 5.27. The van der Waals surface area contributed by atoms with Crippen LogP contribution in [0.15, 0.2) is 18.2 Å². The van der Waals surface area contributed by atoms with E-state index in [0.29, 0.717) is 18.2 Å². The largest absolute Gasteiger partial charge is 0.311 e. The van der Waals surface area contributed by atoms with Gasteiger partial charge in [-0.2, -0.15) is 0 Å². The molecule has 0 radical (unpaired) electrons. The average molecular weight is 289 g/mol. The normalized spacial score (nSPS) is 22.4. The number of hydrogen-bond donors (Lipinski definition) is 1. The second-order valence-corrected chi connectivity index (χ2v) is 5.85. The maximum Gasteiger partial charge on any atom is 0.272 e. The summed E-state index contributed by atoms with van der Waals surface area (Å²) >= 11 is 0. The zero-order valence-electron chi connectivity index (χ0n) is 12.0. The first-order valence-corrected chi connectivity index (χ1v) is 7.39. The molecule has 6 heteroatoms. The number of nitrogens with zero attached hydrogens (tertiary/aromatic N) is 2. The summed E-state index contributed by atoms with van der Waals surface area (Å²) in [5, 5.41) is 14.3. The third-order valence-corrected chi connectivity index (χ3v) is 4.14. The number of rotatable bonds is 4. The fraction of sp³-hybridized carbons (Fsp3) is 0.533. The molecule has 1 aliphatic heterocycles. The number of piperidine rings is 1. The lowest BCUT2D eigenvalue weighted by Gasteiger charge is -2.33. The summed E-state index contributed by atoms with van der Waals surface area (Å²) in [4.78, 5) is 24.8. The van der Waals surface area contributed by atoms with Gasteiger partial charge in [0.25, 0.3) is 5.69 Å². The van der Waals surface area contributed by atoms with Crippen LogP contribution in [0, 0.1) is 17.0 Å². The molecule has 1 atom stereocenters. The second kappa shape index (κ2) is 5.44. The van der Waals surface area contributed by atoms with Crippen molar-refractivity contribution in [2.24, 2.45) is 0 Å². The third kappa shape index (κ3) is 2.90. The van der Waals surface area contributed by atoms with Crippen molar-refractivity contribution in [3.05, 3.63) is 33.9 Å². The van der Waals surface area contributed by atoms with Crippen LogP contribution in [0.2, 0.25) is 0 Å². The van der Waals surface area contributed by atoms with Gasteiger partial charge in [-0.05, 0) is 44.7 Å². The molecular weight excluding hydrogens is 270 g/mol. The molecule has 1 aliphatic carbocycles. The molecule has 21 heavy (non-hydrogen) atoms.